The molecule has 100 valence electrons. The molecule has 0 spiro atoms. The van der Waals surface area contributed by atoms with Crippen LogP contribution >= 0.6 is 11.6 Å². The lowest BCUT2D eigenvalue weighted by Gasteiger charge is -2.10. The van der Waals surface area contributed by atoms with E-state index in [1.807, 2.05) is 19.1 Å². The summed E-state index contributed by atoms with van der Waals surface area (Å²) in [6, 6.07) is 14.8. The van der Waals surface area contributed by atoms with Gasteiger partial charge in [0.05, 0.1) is 10.7 Å². The summed E-state index contributed by atoms with van der Waals surface area (Å²) >= 11 is 6.20. The van der Waals surface area contributed by atoms with E-state index in [-0.39, 0.29) is 0 Å². The van der Waals surface area contributed by atoms with E-state index in [0.717, 1.165) is 17.3 Å². The van der Waals surface area contributed by atoms with Crippen LogP contribution in [0.25, 0.3) is 0 Å². The quantitative estimate of drug-likeness (QED) is 0.788. The highest BCUT2D eigenvalue weighted by Gasteiger charge is 2.01. The van der Waals surface area contributed by atoms with Gasteiger partial charge in [0.1, 0.15) is 0 Å². The molecule has 2 aromatic rings. The van der Waals surface area contributed by atoms with Crippen molar-refractivity contribution in [2.45, 2.75) is 33.2 Å². The number of halogens is 1. The van der Waals surface area contributed by atoms with Crippen LogP contribution in [0, 0.1) is 6.92 Å². The minimum Gasteiger partial charge on any atom is -0.380 e. The Balaban J connectivity index is 2.02. The van der Waals surface area contributed by atoms with Gasteiger partial charge in [0, 0.05) is 6.54 Å². The Kier molecular flexibility index (Phi) is 4.49. The minimum absolute atomic E-state index is 0.577. The van der Waals surface area contributed by atoms with Gasteiger partial charge in [0.15, 0.2) is 0 Å². The van der Waals surface area contributed by atoms with Gasteiger partial charge >= 0.3 is 0 Å². The van der Waals surface area contributed by atoms with Crippen LogP contribution in [-0.4, -0.2) is 0 Å². The molecule has 0 aliphatic rings. The van der Waals surface area contributed by atoms with E-state index < -0.39 is 0 Å². The lowest BCUT2D eigenvalue weighted by atomic mass is 10.0. The highest BCUT2D eigenvalue weighted by atomic mass is 35.5. The first-order chi connectivity index (χ1) is 9.06. The Morgan fingerprint density at radius 1 is 1.05 bits per heavy atom. The first-order valence-electron chi connectivity index (χ1n) is 6.65. The van der Waals surface area contributed by atoms with Crippen molar-refractivity contribution in [3.8, 4) is 0 Å². The monoisotopic (exact) mass is 273 g/mol. The summed E-state index contributed by atoms with van der Waals surface area (Å²) in [5, 5.41) is 4.15. The van der Waals surface area contributed by atoms with E-state index in [9.17, 15) is 0 Å². The zero-order valence-corrected chi connectivity index (χ0v) is 12.5. The molecule has 0 amide bonds. The Bertz CT molecular complexity index is 544. The molecule has 0 fully saturated rings. The summed E-state index contributed by atoms with van der Waals surface area (Å²) in [5.41, 5.74) is 4.80. The molecule has 0 aliphatic heterocycles. The van der Waals surface area contributed by atoms with Crippen LogP contribution in [-0.2, 0) is 6.54 Å². The molecule has 0 saturated heterocycles. The molecule has 19 heavy (non-hydrogen) atoms. The average molecular weight is 274 g/mol. The minimum atomic E-state index is 0.577. The van der Waals surface area contributed by atoms with E-state index in [1.54, 1.807) is 0 Å². The Labute approximate surface area is 120 Å². The molecule has 2 heteroatoms. The van der Waals surface area contributed by atoms with Crippen molar-refractivity contribution in [3.63, 3.8) is 0 Å². The predicted molar refractivity (Wildman–Crippen MR) is 84.0 cm³/mol. The van der Waals surface area contributed by atoms with Crippen LogP contribution in [0.2, 0.25) is 5.02 Å². The maximum Gasteiger partial charge on any atom is 0.0640 e. The molecule has 0 heterocycles. The number of rotatable bonds is 4. The standard InChI is InChI=1S/C17H20ClN/c1-12(2)15-7-5-14(6-8-15)11-19-17-9-4-13(3)10-16(17)18/h4-10,12,19H,11H2,1-3H3. The second kappa shape index (κ2) is 6.12. The smallest absolute Gasteiger partial charge is 0.0640 e. The van der Waals surface area contributed by atoms with E-state index in [0.29, 0.717) is 5.92 Å². The summed E-state index contributed by atoms with van der Waals surface area (Å²) in [6.07, 6.45) is 0. The maximum atomic E-state index is 6.20. The third kappa shape index (κ3) is 3.74. The molecule has 1 N–H and O–H groups in total. The molecule has 0 saturated carbocycles. The van der Waals surface area contributed by atoms with Crippen LogP contribution in [0.4, 0.5) is 5.69 Å². The molecule has 0 atom stereocenters. The van der Waals surface area contributed by atoms with Gasteiger partial charge in [-0.15, -0.1) is 0 Å². The third-order valence-electron chi connectivity index (χ3n) is 3.25. The molecule has 0 aromatic heterocycles. The first kappa shape index (κ1) is 14.0. The summed E-state index contributed by atoms with van der Waals surface area (Å²) < 4.78 is 0. The number of nitrogens with one attached hydrogen (secondary N) is 1. The summed E-state index contributed by atoms with van der Waals surface area (Å²) in [6.45, 7) is 7.25. The van der Waals surface area contributed by atoms with Gasteiger partial charge in [-0.25, -0.2) is 0 Å². The molecule has 0 unspecified atom stereocenters. The van der Waals surface area contributed by atoms with Gasteiger partial charge in [-0.3, -0.25) is 0 Å². The van der Waals surface area contributed by atoms with Crippen molar-refractivity contribution >= 4 is 17.3 Å². The van der Waals surface area contributed by atoms with Gasteiger partial charge in [0.2, 0.25) is 0 Å². The van der Waals surface area contributed by atoms with Crippen LogP contribution in [0.1, 0.15) is 36.5 Å². The largest absolute Gasteiger partial charge is 0.380 e. The van der Waals surface area contributed by atoms with Crippen molar-refractivity contribution in [1.82, 2.24) is 0 Å². The SMILES string of the molecule is Cc1ccc(NCc2ccc(C(C)C)cc2)c(Cl)c1. The lowest BCUT2D eigenvalue weighted by Crippen LogP contribution is -2.00. The van der Waals surface area contributed by atoms with Crippen molar-refractivity contribution in [2.75, 3.05) is 5.32 Å². The zero-order chi connectivity index (χ0) is 13.8. The number of anilines is 1. The molecular formula is C17H20ClN. The third-order valence-corrected chi connectivity index (χ3v) is 3.57. The van der Waals surface area contributed by atoms with Crippen molar-refractivity contribution in [2.24, 2.45) is 0 Å². The zero-order valence-electron chi connectivity index (χ0n) is 11.7. The molecule has 2 aromatic carbocycles. The van der Waals surface area contributed by atoms with E-state index in [4.69, 9.17) is 11.6 Å². The Morgan fingerprint density at radius 2 is 1.74 bits per heavy atom. The summed E-state index contributed by atoms with van der Waals surface area (Å²) in [5.74, 6) is 0.577. The molecule has 1 nitrogen and oxygen atoms in total. The highest BCUT2D eigenvalue weighted by molar-refractivity contribution is 6.33. The molecule has 0 bridgehead atoms. The fourth-order valence-electron chi connectivity index (χ4n) is 1.98. The highest BCUT2D eigenvalue weighted by Crippen LogP contribution is 2.23. The normalized spacial score (nSPS) is 10.8. The second-order valence-electron chi connectivity index (χ2n) is 5.23. The fraction of sp³-hybridized carbons (Fsp3) is 0.294. The van der Waals surface area contributed by atoms with E-state index in [1.165, 1.54) is 16.7 Å². The summed E-state index contributed by atoms with van der Waals surface area (Å²) in [4.78, 5) is 0. The second-order valence-corrected chi connectivity index (χ2v) is 5.64. The van der Waals surface area contributed by atoms with Gasteiger partial charge in [0.25, 0.3) is 0 Å². The number of hydrogen-bond acceptors (Lipinski definition) is 1. The van der Waals surface area contributed by atoms with Crippen molar-refractivity contribution in [3.05, 3.63) is 64.2 Å². The lowest BCUT2D eigenvalue weighted by molar-refractivity contribution is 0.865. The van der Waals surface area contributed by atoms with Crippen molar-refractivity contribution < 1.29 is 0 Å². The molecular weight excluding hydrogens is 254 g/mol. The Morgan fingerprint density at radius 3 is 2.32 bits per heavy atom. The first-order valence-corrected chi connectivity index (χ1v) is 7.03. The van der Waals surface area contributed by atoms with Gasteiger partial charge in [-0.2, -0.15) is 0 Å². The van der Waals surface area contributed by atoms with Gasteiger partial charge in [-0.1, -0.05) is 55.8 Å². The number of hydrogen-bond donors (Lipinski definition) is 1. The Hall–Kier alpha value is -1.47. The number of benzene rings is 2. The fourth-order valence-corrected chi connectivity index (χ4v) is 2.28. The molecule has 0 radical (unpaired) electrons. The van der Waals surface area contributed by atoms with Crippen LogP contribution in [0.5, 0.6) is 0 Å². The number of aryl methyl sites for hydroxylation is 1. The summed E-state index contributed by atoms with van der Waals surface area (Å²) in [7, 11) is 0. The van der Waals surface area contributed by atoms with Crippen molar-refractivity contribution in [1.29, 1.82) is 0 Å². The van der Waals surface area contributed by atoms with Crippen LogP contribution in [0.3, 0.4) is 0 Å². The molecule has 2 rings (SSSR count). The van der Waals surface area contributed by atoms with Crippen LogP contribution in [0.15, 0.2) is 42.5 Å². The topological polar surface area (TPSA) is 12.0 Å². The van der Waals surface area contributed by atoms with Gasteiger partial charge < -0.3 is 5.32 Å². The maximum absolute atomic E-state index is 6.20. The van der Waals surface area contributed by atoms with E-state index >= 15 is 0 Å². The van der Waals surface area contributed by atoms with Gasteiger partial charge in [-0.05, 0) is 41.7 Å². The predicted octanol–water partition coefficient (Wildman–Crippen LogP) is 5.38. The van der Waals surface area contributed by atoms with E-state index in [2.05, 4.69) is 49.5 Å². The van der Waals surface area contributed by atoms with Crippen LogP contribution < -0.4 is 5.32 Å². The average Bonchev–Trinajstić information content (AvgIpc) is 2.38. The molecule has 0 aliphatic carbocycles.